The molecule has 27 heavy (non-hydrogen) atoms. The maximum atomic E-state index is 12.4. The SMILES string of the molecule is Cc1cccc(CC(=O)Nc2cccc(-c3nc4cc(C)ccc4o3)c2)c1. The summed E-state index contributed by atoms with van der Waals surface area (Å²) in [6.45, 7) is 4.05. The summed E-state index contributed by atoms with van der Waals surface area (Å²) in [5.41, 5.74) is 6.43. The van der Waals surface area contributed by atoms with Crippen LogP contribution in [0.3, 0.4) is 0 Å². The highest BCUT2D eigenvalue weighted by molar-refractivity contribution is 5.93. The Hall–Kier alpha value is -3.40. The summed E-state index contributed by atoms with van der Waals surface area (Å²) in [6.07, 6.45) is 0.341. The fourth-order valence-electron chi connectivity index (χ4n) is 3.10. The van der Waals surface area contributed by atoms with E-state index in [9.17, 15) is 4.79 Å². The molecule has 0 saturated carbocycles. The zero-order valence-electron chi connectivity index (χ0n) is 15.3. The number of hydrogen-bond donors (Lipinski definition) is 1. The summed E-state index contributed by atoms with van der Waals surface area (Å²) in [5, 5.41) is 2.95. The molecular weight excluding hydrogens is 336 g/mol. The average Bonchev–Trinajstić information content (AvgIpc) is 3.05. The van der Waals surface area contributed by atoms with Crippen molar-refractivity contribution in [3.63, 3.8) is 0 Å². The van der Waals surface area contributed by atoms with Gasteiger partial charge in [-0.25, -0.2) is 4.98 Å². The third-order valence-electron chi connectivity index (χ3n) is 4.38. The van der Waals surface area contributed by atoms with Crippen LogP contribution in [0.5, 0.6) is 0 Å². The molecule has 0 atom stereocenters. The molecule has 0 bridgehead atoms. The molecule has 0 spiro atoms. The smallest absolute Gasteiger partial charge is 0.228 e. The second-order valence-electron chi connectivity index (χ2n) is 6.79. The number of nitrogens with zero attached hydrogens (tertiary/aromatic N) is 1. The quantitative estimate of drug-likeness (QED) is 0.540. The molecule has 0 saturated heterocycles. The first kappa shape index (κ1) is 17.0. The summed E-state index contributed by atoms with van der Waals surface area (Å²) in [7, 11) is 0. The lowest BCUT2D eigenvalue weighted by molar-refractivity contribution is -0.115. The number of fused-ring (bicyclic) bond motifs is 1. The van der Waals surface area contributed by atoms with E-state index in [4.69, 9.17) is 4.42 Å². The first-order chi connectivity index (χ1) is 13.1. The topological polar surface area (TPSA) is 55.1 Å². The summed E-state index contributed by atoms with van der Waals surface area (Å²) in [4.78, 5) is 16.9. The molecule has 0 aliphatic carbocycles. The predicted octanol–water partition coefficient (Wildman–Crippen LogP) is 5.29. The summed E-state index contributed by atoms with van der Waals surface area (Å²) in [5.74, 6) is 0.497. The molecule has 1 amide bonds. The van der Waals surface area contributed by atoms with Crippen LogP contribution in [0.15, 0.2) is 71.1 Å². The Labute approximate surface area is 157 Å². The molecule has 3 aromatic carbocycles. The van der Waals surface area contributed by atoms with Crippen molar-refractivity contribution >= 4 is 22.7 Å². The van der Waals surface area contributed by atoms with Crippen molar-refractivity contribution in [1.29, 1.82) is 0 Å². The number of anilines is 1. The van der Waals surface area contributed by atoms with Gasteiger partial charge in [-0.15, -0.1) is 0 Å². The van der Waals surface area contributed by atoms with Gasteiger partial charge in [-0.05, 0) is 55.3 Å². The third kappa shape index (κ3) is 3.90. The van der Waals surface area contributed by atoms with Gasteiger partial charge in [-0.1, -0.05) is 42.0 Å². The predicted molar refractivity (Wildman–Crippen MR) is 108 cm³/mol. The highest BCUT2D eigenvalue weighted by Crippen LogP contribution is 2.26. The number of carbonyl (C=O) groups is 1. The van der Waals surface area contributed by atoms with E-state index in [-0.39, 0.29) is 5.91 Å². The van der Waals surface area contributed by atoms with Gasteiger partial charge in [0.1, 0.15) is 5.52 Å². The molecular formula is C23H20N2O2. The Kier molecular flexibility index (Phi) is 4.47. The van der Waals surface area contributed by atoms with Crippen LogP contribution in [0.4, 0.5) is 5.69 Å². The molecule has 4 rings (SSSR count). The van der Waals surface area contributed by atoms with E-state index in [0.29, 0.717) is 12.3 Å². The average molecular weight is 356 g/mol. The van der Waals surface area contributed by atoms with Gasteiger partial charge in [-0.3, -0.25) is 4.79 Å². The molecule has 0 unspecified atom stereocenters. The molecule has 134 valence electrons. The number of rotatable bonds is 4. The molecule has 0 radical (unpaired) electrons. The van der Waals surface area contributed by atoms with Crippen LogP contribution in [0.25, 0.3) is 22.6 Å². The highest BCUT2D eigenvalue weighted by Gasteiger charge is 2.10. The summed E-state index contributed by atoms with van der Waals surface area (Å²) in [6, 6.07) is 21.4. The number of oxazole rings is 1. The van der Waals surface area contributed by atoms with Crippen LogP contribution in [0.1, 0.15) is 16.7 Å². The van der Waals surface area contributed by atoms with Gasteiger partial charge in [0.2, 0.25) is 11.8 Å². The lowest BCUT2D eigenvalue weighted by Crippen LogP contribution is -2.14. The van der Waals surface area contributed by atoms with E-state index in [1.807, 2.05) is 80.6 Å². The monoisotopic (exact) mass is 356 g/mol. The van der Waals surface area contributed by atoms with Crippen LogP contribution in [0.2, 0.25) is 0 Å². The van der Waals surface area contributed by atoms with Crippen molar-refractivity contribution in [2.45, 2.75) is 20.3 Å². The Bertz CT molecular complexity index is 1130. The van der Waals surface area contributed by atoms with Crippen molar-refractivity contribution in [2.24, 2.45) is 0 Å². The molecule has 4 heteroatoms. The lowest BCUT2D eigenvalue weighted by Gasteiger charge is -2.07. The fraction of sp³-hybridized carbons (Fsp3) is 0.130. The fourth-order valence-corrected chi connectivity index (χ4v) is 3.10. The minimum atomic E-state index is -0.0501. The number of aromatic nitrogens is 1. The minimum absolute atomic E-state index is 0.0501. The normalized spacial score (nSPS) is 10.9. The molecule has 1 N–H and O–H groups in total. The molecule has 1 aromatic heterocycles. The molecule has 0 aliphatic heterocycles. The first-order valence-corrected chi connectivity index (χ1v) is 8.90. The maximum absolute atomic E-state index is 12.4. The van der Waals surface area contributed by atoms with Gasteiger partial charge >= 0.3 is 0 Å². The van der Waals surface area contributed by atoms with Crippen LogP contribution < -0.4 is 5.32 Å². The minimum Gasteiger partial charge on any atom is -0.436 e. The number of hydrogen-bond acceptors (Lipinski definition) is 3. The second kappa shape index (κ2) is 7.08. The standard InChI is InChI=1S/C23H20N2O2/c1-15-5-3-6-17(11-15)13-22(26)24-19-8-4-7-18(14-19)23-25-20-12-16(2)9-10-21(20)27-23/h3-12,14H,13H2,1-2H3,(H,24,26). The Balaban J connectivity index is 1.53. The number of aryl methyl sites for hydroxylation is 2. The van der Waals surface area contributed by atoms with Crippen molar-refractivity contribution in [3.05, 3.63) is 83.4 Å². The summed E-state index contributed by atoms with van der Waals surface area (Å²) >= 11 is 0. The van der Waals surface area contributed by atoms with Gasteiger partial charge in [0.25, 0.3) is 0 Å². The first-order valence-electron chi connectivity index (χ1n) is 8.90. The number of carbonyl (C=O) groups excluding carboxylic acids is 1. The number of benzene rings is 3. The van der Waals surface area contributed by atoms with Gasteiger partial charge in [0.15, 0.2) is 5.58 Å². The van der Waals surface area contributed by atoms with Crippen LogP contribution >= 0.6 is 0 Å². The Morgan fingerprint density at radius 1 is 0.963 bits per heavy atom. The Morgan fingerprint density at radius 3 is 2.63 bits per heavy atom. The largest absolute Gasteiger partial charge is 0.436 e. The number of amides is 1. The van der Waals surface area contributed by atoms with E-state index < -0.39 is 0 Å². The van der Waals surface area contributed by atoms with E-state index in [1.54, 1.807) is 0 Å². The Morgan fingerprint density at radius 2 is 1.78 bits per heavy atom. The maximum Gasteiger partial charge on any atom is 0.228 e. The van der Waals surface area contributed by atoms with E-state index in [2.05, 4.69) is 10.3 Å². The van der Waals surface area contributed by atoms with Crippen molar-refractivity contribution in [1.82, 2.24) is 4.98 Å². The van der Waals surface area contributed by atoms with Gasteiger partial charge in [0.05, 0.1) is 6.42 Å². The zero-order chi connectivity index (χ0) is 18.8. The van der Waals surface area contributed by atoms with Gasteiger partial charge < -0.3 is 9.73 Å². The zero-order valence-corrected chi connectivity index (χ0v) is 15.3. The van der Waals surface area contributed by atoms with Crippen LogP contribution in [0, 0.1) is 13.8 Å². The van der Waals surface area contributed by atoms with Crippen molar-refractivity contribution in [2.75, 3.05) is 5.32 Å². The molecule has 4 aromatic rings. The van der Waals surface area contributed by atoms with E-state index in [0.717, 1.165) is 39.0 Å². The van der Waals surface area contributed by atoms with E-state index in [1.165, 1.54) is 0 Å². The molecule has 1 heterocycles. The molecule has 0 aliphatic rings. The van der Waals surface area contributed by atoms with Crippen LogP contribution in [-0.2, 0) is 11.2 Å². The van der Waals surface area contributed by atoms with Crippen molar-refractivity contribution in [3.8, 4) is 11.5 Å². The van der Waals surface area contributed by atoms with Gasteiger partial charge in [-0.2, -0.15) is 0 Å². The second-order valence-corrected chi connectivity index (χ2v) is 6.79. The molecule has 0 fully saturated rings. The van der Waals surface area contributed by atoms with E-state index >= 15 is 0 Å². The third-order valence-corrected chi connectivity index (χ3v) is 4.38. The highest BCUT2D eigenvalue weighted by atomic mass is 16.3. The molecule has 4 nitrogen and oxygen atoms in total. The van der Waals surface area contributed by atoms with Gasteiger partial charge in [0, 0.05) is 11.3 Å². The summed E-state index contributed by atoms with van der Waals surface area (Å²) < 4.78 is 5.85. The lowest BCUT2D eigenvalue weighted by atomic mass is 10.1. The number of nitrogens with one attached hydrogen (secondary N) is 1. The van der Waals surface area contributed by atoms with Crippen molar-refractivity contribution < 1.29 is 9.21 Å². The van der Waals surface area contributed by atoms with Crippen LogP contribution in [-0.4, -0.2) is 10.9 Å².